The Bertz CT molecular complexity index is 896. The molecule has 28 heavy (non-hydrogen) atoms. The van der Waals surface area contributed by atoms with Crippen LogP contribution in [0.2, 0.25) is 5.02 Å². The van der Waals surface area contributed by atoms with Crippen molar-refractivity contribution < 1.29 is 28.0 Å². The molecule has 0 saturated heterocycles. The van der Waals surface area contributed by atoms with E-state index in [0.717, 1.165) is 6.07 Å². The number of nitrogens with one attached hydrogen (secondary N) is 1. The van der Waals surface area contributed by atoms with Crippen LogP contribution in [0.25, 0.3) is 0 Å². The number of carbonyl (C=O) groups excluding carboxylic acids is 2. The first-order valence-electron chi connectivity index (χ1n) is 7.68. The van der Waals surface area contributed by atoms with Crippen LogP contribution in [-0.2, 0) is 9.53 Å². The van der Waals surface area contributed by atoms with Crippen LogP contribution in [0.15, 0.2) is 47.4 Å². The number of halogens is 3. The summed E-state index contributed by atoms with van der Waals surface area (Å²) >= 11 is 6.23. The van der Waals surface area contributed by atoms with Gasteiger partial charge in [0, 0.05) is 17.0 Å². The topological polar surface area (TPSA) is 98.5 Å². The molecule has 148 valence electrons. The summed E-state index contributed by atoms with van der Waals surface area (Å²) in [7, 11) is 0. The van der Waals surface area contributed by atoms with Crippen molar-refractivity contribution in [3.05, 3.63) is 63.2 Å². The van der Waals surface area contributed by atoms with E-state index in [1.54, 1.807) is 0 Å². The number of rotatable bonds is 7. The number of hydrogen-bond acceptors (Lipinski definition) is 6. The normalized spacial score (nSPS) is 11.8. The average Bonchev–Trinajstić information content (AvgIpc) is 2.63. The van der Waals surface area contributed by atoms with E-state index in [4.69, 9.17) is 16.3 Å². The number of ether oxygens (including phenoxy) is 1. The molecule has 2 rings (SSSR count). The Morgan fingerprint density at radius 2 is 1.86 bits per heavy atom. The molecule has 2 aromatic carbocycles. The minimum atomic E-state index is -2.58. The number of esters is 1. The number of nitro groups is 1. The number of thioether (sulfide) groups is 1. The van der Waals surface area contributed by atoms with Gasteiger partial charge in [0.1, 0.15) is 0 Å². The summed E-state index contributed by atoms with van der Waals surface area (Å²) in [6.45, 7) is 1.31. The van der Waals surface area contributed by atoms with Crippen LogP contribution in [0, 0.1) is 10.1 Å². The fourth-order valence-electron chi connectivity index (χ4n) is 2.01. The molecule has 0 saturated carbocycles. The summed E-state index contributed by atoms with van der Waals surface area (Å²) < 4.78 is 29.6. The first-order valence-corrected chi connectivity index (χ1v) is 8.94. The molecular weight excluding hydrogens is 418 g/mol. The quantitative estimate of drug-likeness (QED) is 0.294. The Balaban J connectivity index is 2.01. The number of amides is 1. The summed E-state index contributed by atoms with van der Waals surface area (Å²) in [5.41, 5.74) is -0.199. The zero-order valence-electron chi connectivity index (χ0n) is 14.2. The molecule has 1 N–H and O–H groups in total. The van der Waals surface area contributed by atoms with Crippen molar-refractivity contribution in [2.75, 3.05) is 5.32 Å². The Kier molecular flexibility index (Phi) is 7.30. The lowest BCUT2D eigenvalue weighted by Gasteiger charge is -2.14. The SMILES string of the molecule is CC(OC(=O)c1ccc(SC(F)F)cc1)C(=O)Nc1cc([N+](=O)[O-])ccc1Cl. The molecule has 0 fully saturated rings. The van der Waals surface area contributed by atoms with Crippen LogP contribution < -0.4 is 5.32 Å². The van der Waals surface area contributed by atoms with Crippen molar-refractivity contribution in [2.45, 2.75) is 23.7 Å². The highest BCUT2D eigenvalue weighted by Gasteiger charge is 2.21. The fourth-order valence-corrected chi connectivity index (χ4v) is 2.68. The number of carbonyl (C=O) groups is 2. The van der Waals surface area contributed by atoms with Gasteiger partial charge in [-0.25, -0.2) is 4.79 Å². The maximum absolute atomic E-state index is 12.3. The second-order valence-corrected chi connectivity index (χ2v) is 6.83. The number of benzene rings is 2. The predicted molar refractivity (Wildman–Crippen MR) is 99.9 cm³/mol. The Morgan fingerprint density at radius 1 is 1.21 bits per heavy atom. The van der Waals surface area contributed by atoms with Crippen LogP contribution in [0.4, 0.5) is 20.2 Å². The summed E-state index contributed by atoms with van der Waals surface area (Å²) in [4.78, 5) is 34.7. The average molecular weight is 431 g/mol. The lowest BCUT2D eigenvalue weighted by Crippen LogP contribution is -2.30. The molecule has 0 radical (unpaired) electrons. The van der Waals surface area contributed by atoms with Gasteiger partial charge in [-0.3, -0.25) is 14.9 Å². The van der Waals surface area contributed by atoms with Crippen LogP contribution in [0.5, 0.6) is 0 Å². The summed E-state index contributed by atoms with van der Waals surface area (Å²) in [6, 6.07) is 8.78. The molecular formula is C17H13ClF2N2O5S. The highest BCUT2D eigenvalue weighted by molar-refractivity contribution is 7.99. The van der Waals surface area contributed by atoms with Gasteiger partial charge in [-0.05, 0) is 37.3 Å². The van der Waals surface area contributed by atoms with E-state index in [1.807, 2.05) is 0 Å². The third kappa shape index (κ3) is 5.89. The molecule has 0 aliphatic carbocycles. The Morgan fingerprint density at radius 3 is 2.43 bits per heavy atom. The van der Waals surface area contributed by atoms with Gasteiger partial charge in [0.2, 0.25) is 0 Å². The van der Waals surface area contributed by atoms with E-state index in [9.17, 15) is 28.5 Å². The summed E-state index contributed by atoms with van der Waals surface area (Å²) in [5.74, 6) is -4.16. The second kappa shape index (κ2) is 9.47. The van der Waals surface area contributed by atoms with Gasteiger partial charge in [0.15, 0.2) is 6.10 Å². The molecule has 0 bridgehead atoms. The molecule has 1 unspecified atom stereocenters. The largest absolute Gasteiger partial charge is 0.449 e. The third-order valence-electron chi connectivity index (χ3n) is 3.39. The molecule has 0 aliphatic rings. The number of nitrogens with zero attached hydrogens (tertiary/aromatic N) is 1. The fraction of sp³-hybridized carbons (Fsp3) is 0.176. The molecule has 0 aliphatic heterocycles. The zero-order valence-corrected chi connectivity index (χ0v) is 15.8. The van der Waals surface area contributed by atoms with Crippen LogP contribution in [-0.4, -0.2) is 28.7 Å². The number of hydrogen-bond donors (Lipinski definition) is 1. The van der Waals surface area contributed by atoms with E-state index < -0.39 is 28.7 Å². The van der Waals surface area contributed by atoms with Gasteiger partial charge < -0.3 is 10.1 Å². The molecule has 0 heterocycles. The van der Waals surface area contributed by atoms with Crippen LogP contribution in [0.1, 0.15) is 17.3 Å². The second-order valence-electron chi connectivity index (χ2n) is 5.36. The standard InChI is InChI=1S/C17H13ClF2N2O5S/c1-9(15(23)21-14-8-11(22(25)26)4-7-13(14)18)27-16(24)10-2-5-12(6-3-10)28-17(19)20/h2-9,17H,1H3,(H,21,23). The van der Waals surface area contributed by atoms with Gasteiger partial charge in [0.05, 0.1) is 21.2 Å². The third-order valence-corrected chi connectivity index (χ3v) is 4.44. The molecule has 1 amide bonds. The smallest absolute Gasteiger partial charge is 0.338 e. The van der Waals surface area contributed by atoms with Crippen molar-refractivity contribution in [1.82, 2.24) is 0 Å². The number of non-ortho nitro benzene ring substituents is 1. The lowest BCUT2D eigenvalue weighted by atomic mass is 10.2. The predicted octanol–water partition coefficient (Wildman–Crippen LogP) is 4.75. The van der Waals surface area contributed by atoms with E-state index in [1.165, 1.54) is 43.3 Å². The van der Waals surface area contributed by atoms with Crippen molar-refractivity contribution in [2.24, 2.45) is 0 Å². The highest BCUT2D eigenvalue weighted by Crippen LogP contribution is 2.27. The van der Waals surface area contributed by atoms with Gasteiger partial charge in [-0.2, -0.15) is 8.78 Å². The van der Waals surface area contributed by atoms with E-state index in [2.05, 4.69) is 5.32 Å². The molecule has 2 aromatic rings. The van der Waals surface area contributed by atoms with Crippen molar-refractivity contribution in [3.8, 4) is 0 Å². The maximum atomic E-state index is 12.3. The molecule has 1 atom stereocenters. The Labute approximate surface area is 167 Å². The van der Waals surface area contributed by atoms with E-state index >= 15 is 0 Å². The monoisotopic (exact) mass is 430 g/mol. The molecule has 0 aromatic heterocycles. The lowest BCUT2D eigenvalue weighted by molar-refractivity contribution is -0.384. The van der Waals surface area contributed by atoms with E-state index in [0.29, 0.717) is 11.8 Å². The van der Waals surface area contributed by atoms with Crippen LogP contribution >= 0.6 is 23.4 Å². The van der Waals surface area contributed by atoms with Gasteiger partial charge >= 0.3 is 5.97 Å². The van der Waals surface area contributed by atoms with Crippen LogP contribution in [0.3, 0.4) is 0 Å². The minimum absolute atomic E-state index is 0.00265. The van der Waals surface area contributed by atoms with E-state index in [-0.39, 0.29) is 26.9 Å². The Hall–Kier alpha value is -2.72. The van der Waals surface area contributed by atoms with Gasteiger partial charge in [-0.1, -0.05) is 23.4 Å². The van der Waals surface area contributed by atoms with Crippen molar-refractivity contribution >= 4 is 46.6 Å². The molecule has 7 nitrogen and oxygen atoms in total. The maximum Gasteiger partial charge on any atom is 0.338 e. The van der Waals surface area contributed by atoms with Crippen molar-refractivity contribution in [3.63, 3.8) is 0 Å². The zero-order chi connectivity index (χ0) is 20.8. The number of anilines is 1. The molecule has 0 spiro atoms. The number of alkyl halides is 2. The van der Waals surface area contributed by atoms with Crippen molar-refractivity contribution in [1.29, 1.82) is 0 Å². The molecule has 11 heteroatoms. The van der Waals surface area contributed by atoms with Gasteiger partial charge in [-0.15, -0.1) is 0 Å². The van der Waals surface area contributed by atoms with Gasteiger partial charge in [0.25, 0.3) is 17.4 Å². The first kappa shape index (κ1) is 21.6. The summed E-state index contributed by atoms with van der Waals surface area (Å²) in [5, 5.41) is 13.2. The number of nitro benzene ring substituents is 1. The highest BCUT2D eigenvalue weighted by atomic mass is 35.5. The summed E-state index contributed by atoms with van der Waals surface area (Å²) in [6.07, 6.45) is -1.24. The minimum Gasteiger partial charge on any atom is -0.449 e. The first-order chi connectivity index (χ1) is 13.2.